The highest BCUT2D eigenvalue weighted by atomic mass is 16.2. The monoisotopic (exact) mass is 341 g/mol. The normalized spacial score (nSPS) is 15.2. The lowest BCUT2D eigenvalue weighted by molar-refractivity contribution is -0.130. The molecule has 1 aromatic heterocycles. The molecule has 0 saturated carbocycles. The molecule has 0 radical (unpaired) electrons. The molecule has 0 bridgehead atoms. The summed E-state index contributed by atoms with van der Waals surface area (Å²) < 4.78 is 0. The summed E-state index contributed by atoms with van der Waals surface area (Å²) in [7, 11) is 0. The maximum absolute atomic E-state index is 12.4. The third-order valence-electron chi connectivity index (χ3n) is 4.56. The molecule has 0 atom stereocenters. The van der Waals surface area contributed by atoms with Crippen LogP contribution in [0.25, 0.3) is 10.9 Å². The lowest BCUT2D eigenvalue weighted by atomic mass is 10.1. The zero-order valence-corrected chi connectivity index (χ0v) is 14.2. The van der Waals surface area contributed by atoms with Crippen LogP contribution in [0.2, 0.25) is 0 Å². The van der Waals surface area contributed by atoms with E-state index >= 15 is 0 Å². The first-order valence-corrected chi connectivity index (χ1v) is 8.83. The van der Waals surface area contributed by atoms with Crippen molar-refractivity contribution >= 4 is 22.7 Å². The smallest absolute Gasteiger partial charge is 0.252 e. The minimum Gasteiger partial charge on any atom is -0.352 e. The molecule has 2 aromatic rings. The number of carbonyl (C=O) groups excluding carboxylic acids is 2. The summed E-state index contributed by atoms with van der Waals surface area (Å²) in [5, 5.41) is 3.58. The fourth-order valence-corrected chi connectivity index (χ4v) is 3.23. The van der Waals surface area contributed by atoms with Gasteiger partial charge >= 0.3 is 0 Å². The van der Waals surface area contributed by atoms with E-state index in [-0.39, 0.29) is 17.4 Å². The van der Waals surface area contributed by atoms with Crippen molar-refractivity contribution in [1.82, 2.24) is 15.2 Å². The van der Waals surface area contributed by atoms with Crippen LogP contribution in [0.4, 0.5) is 0 Å². The van der Waals surface area contributed by atoms with E-state index in [0.29, 0.717) is 37.0 Å². The van der Waals surface area contributed by atoms with E-state index < -0.39 is 0 Å². The fraction of sp³-hybridized carbons (Fsp3) is 0.421. The fourth-order valence-electron chi connectivity index (χ4n) is 3.23. The van der Waals surface area contributed by atoms with Gasteiger partial charge in [-0.15, -0.1) is 0 Å². The number of aromatic nitrogens is 1. The zero-order chi connectivity index (χ0) is 17.6. The van der Waals surface area contributed by atoms with Gasteiger partial charge < -0.3 is 15.2 Å². The summed E-state index contributed by atoms with van der Waals surface area (Å²) in [5.74, 6) is -0.0473. The Hall–Kier alpha value is -2.63. The van der Waals surface area contributed by atoms with Crippen LogP contribution in [0.15, 0.2) is 35.1 Å². The number of pyridine rings is 1. The second-order valence-electron chi connectivity index (χ2n) is 6.39. The first-order chi connectivity index (χ1) is 12.1. The van der Waals surface area contributed by atoms with Crippen molar-refractivity contribution in [3.63, 3.8) is 0 Å². The van der Waals surface area contributed by atoms with E-state index in [1.165, 1.54) is 6.07 Å². The summed E-state index contributed by atoms with van der Waals surface area (Å²) in [6.07, 6.45) is 4.47. The lowest BCUT2D eigenvalue weighted by Gasteiger charge is -2.20. The Balaban J connectivity index is 1.58. The highest BCUT2D eigenvalue weighted by Gasteiger charge is 2.16. The van der Waals surface area contributed by atoms with Crippen LogP contribution < -0.4 is 10.9 Å². The van der Waals surface area contributed by atoms with Crippen molar-refractivity contribution in [2.75, 3.05) is 19.6 Å². The summed E-state index contributed by atoms with van der Waals surface area (Å²) >= 11 is 0. The number of likely N-dealkylation sites (tertiary alicyclic amines) is 1. The Labute approximate surface area is 146 Å². The summed E-state index contributed by atoms with van der Waals surface area (Å²) in [4.78, 5) is 40.7. The summed E-state index contributed by atoms with van der Waals surface area (Å²) in [5.41, 5.74) is 0.736. The Kier molecular flexibility index (Phi) is 5.48. The molecule has 25 heavy (non-hydrogen) atoms. The number of carbonyl (C=O) groups is 2. The molecule has 1 aliphatic rings. The average molecular weight is 341 g/mol. The molecule has 1 aliphatic heterocycles. The van der Waals surface area contributed by atoms with Crippen molar-refractivity contribution < 1.29 is 9.59 Å². The number of nitrogens with zero attached hydrogens (tertiary/aromatic N) is 1. The topological polar surface area (TPSA) is 82.3 Å². The van der Waals surface area contributed by atoms with E-state index in [1.54, 1.807) is 6.07 Å². The van der Waals surface area contributed by atoms with Crippen LogP contribution in [-0.2, 0) is 4.79 Å². The molecule has 0 aliphatic carbocycles. The number of rotatable bonds is 5. The van der Waals surface area contributed by atoms with Crippen LogP contribution in [0.3, 0.4) is 0 Å². The number of amides is 2. The second kappa shape index (κ2) is 7.96. The maximum atomic E-state index is 12.4. The second-order valence-corrected chi connectivity index (χ2v) is 6.39. The van der Waals surface area contributed by atoms with Crippen molar-refractivity contribution in [2.45, 2.75) is 32.1 Å². The third-order valence-corrected chi connectivity index (χ3v) is 4.56. The number of para-hydroxylation sites is 1. The molecule has 2 N–H and O–H groups in total. The molecule has 6 heteroatoms. The number of hydrogen-bond donors (Lipinski definition) is 2. The zero-order valence-electron chi connectivity index (χ0n) is 14.2. The van der Waals surface area contributed by atoms with Gasteiger partial charge in [-0.1, -0.05) is 24.6 Å². The molecule has 1 aromatic carbocycles. The Morgan fingerprint density at radius 1 is 1.16 bits per heavy atom. The first-order valence-electron chi connectivity index (χ1n) is 8.83. The SMILES string of the molecule is O=C(NCCCN1CCCCCC1=O)c1cc(=O)[nH]c2ccccc12. The van der Waals surface area contributed by atoms with Gasteiger partial charge in [0.15, 0.2) is 0 Å². The molecule has 0 unspecified atom stereocenters. The lowest BCUT2D eigenvalue weighted by Crippen LogP contribution is -2.34. The first kappa shape index (κ1) is 17.2. The van der Waals surface area contributed by atoms with Crippen molar-refractivity contribution in [1.29, 1.82) is 0 Å². The van der Waals surface area contributed by atoms with Gasteiger partial charge in [0.05, 0.1) is 5.56 Å². The highest BCUT2D eigenvalue weighted by Crippen LogP contribution is 2.14. The van der Waals surface area contributed by atoms with Gasteiger partial charge in [0.1, 0.15) is 0 Å². The van der Waals surface area contributed by atoms with Crippen molar-refractivity contribution in [2.24, 2.45) is 0 Å². The Morgan fingerprint density at radius 2 is 2.00 bits per heavy atom. The predicted molar refractivity (Wildman–Crippen MR) is 96.6 cm³/mol. The van der Waals surface area contributed by atoms with Crippen LogP contribution in [0.5, 0.6) is 0 Å². The van der Waals surface area contributed by atoms with E-state index in [4.69, 9.17) is 0 Å². The molecule has 1 fully saturated rings. The van der Waals surface area contributed by atoms with E-state index in [0.717, 1.165) is 31.2 Å². The summed E-state index contributed by atoms with van der Waals surface area (Å²) in [6.45, 7) is 1.95. The van der Waals surface area contributed by atoms with Crippen molar-refractivity contribution in [3.8, 4) is 0 Å². The molecule has 0 spiro atoms. The number of fused-ring (bicyclic) bond motifs is 1. The van der Waals surface area contributed by atoms with E-state index in [1.807, 2.05) is 23.1 Å². The van der Waals surface area contributed by atoms with Gasteiger partial charge in [0.2, 0.25) is 11.5 Å². The van der Waals surface area contributed by atoms with Gasteiger partial charge in [-0.05, 0) is 25.3 Å². The molecule has 2 heterocycles. The Morgan fingerprint density at radius 3 is 2.88 bits per heavy atom. The van der Waals surface area contributed by atoms with Gasteiger partial charge in [-0.25, -0.2) is 0 Å². The molecule has 2 amide bonds. The molecule has 132 valence electrons. The van der Waals surface area contributed by atoms with Crippen LogP contribution in [0, 0.1) is 0 Å². The van der Waals surface area contributed by atoms with E-state index in [2.05, 4.69) is 10.3 Å². The minimum absolute atomic E-state index is 0.212. The van der Waals surface area contributed by atoms with E-state index in [9.17, 15) is 14.4 Å². The third kappa shape index (κ3) is 4.26. The van der Waals surface area contributed by atoms with Gasteiger partial charge in [0.25, 0.3) is 5.91 Å². The maximum Gasteiger partial charge on any atom is 0.252 e. The quantitative estimate of drug-likeness (QED) is 0.817. The number of benzene rings is 1. The standard InChI is InChI=1S/C19H23N3O3/c23-17-13-15(14-7-3-4-8-16(14)21-17)19(25)20-10-6-12-22-11-5-1-2-9-18(22)24/h3-4,7-8,13H,1-2,5-6,9-12H2,(H,20,25)(H,21,23). The van der Waals surface area contributed by atoms with Crippen LogP contribution in [-0.4, -0.2) is 41.3 Å². The van der Waals surface area contributed by atoms with Crippen molar-refractivity contribution in [3.05, 3.63) is 46.2 Å². The number of hydrogen-bond acceptors (Lipinski definition) is 3. The van der Waals surface area contributed by atoms with Crippen LogP contribution in [0.1, 0.15) is 42.5 Å². The predicted octanol–water partition coefficient (Wildman–Crippen LogP) is 2.05. The Bertz CT molecular complexity index is 828. The molecular weight excluding hydrogens is 318 g/mol. The number of nitrogens with one attached hydrogen (secondary N) is 2. The average Bonchev–Trinajstić information content (AvgIpc) is 2.82. The van der Waals surface area contributed by atoms with Crippen LogP contribution >= 0.6 is 0 Å². The molecular formula is C19H23N3O3. The number of aromatic amines is 1. The molecule has 1 saturated heterocycles. The number of H-pyrrole nitrogens is 1. The van der Waals surface area contributed by atoms with Gasteiger partial charge in [-0.2, -0.15) is 0 Å². The highest BCUT2D eigenvalue weighted by molar-refractivity contribution is 6.05. The largest absolute Gasteiger partial charge is 0.352 e. The molecule has 3 rings (SSSR count). The molecule has 6 nitrogen and oxygen atoms in total. The van der Waals surface area contributed by atoms with Gasteiger partial charge in [0, 0.05) is 43.0 Å². The van der Waals surface area contributed by atoms with Gasteiger partial charge in [-0.3, -0.25) is 14.4 Å². The minimum atomic E-state index is -0.293. The summed E-state index contributed by atoms with van der Waals surface area (Å²) in [6, 6.07) is 8.57.